The summed E-state index contributed by atoms with van der Waals surface area (Å²) in [6.45, 7) is 1.52. The van der Waals surface area contributed by atoms with Gasteiger partial charge in [-0.25, -0.2) is 13.2 Å². The summed E-state index contributed by atoms with van der Waals surface area (Å²) in [5.74, 6) is -3.46. The van der Waals surface area contributed by atoms with Crippen molar-refractivity contribution in [3.63, 3.8) is 0 Å². The maximum absolute atomic E-state index is 13.4. The van der Waals surface area contributed by atoms with Crippen LogP contribution in [0.1, 0.15) is 17.5 Å². The van der Waals surface area contributed by atoms with Crippen LogP contribution in [0.4, 0.5) is 13.2 Å². The molecule has 1 unspecified atom stereocenters. The number of hydrogen-bond donors (Lipinski definition) is 1. The Morgan fingerprint density at radius 3 is 2.47 bits per heavy atom. The van der Waals surface area contributed by atoms with E-state index in [1.165, 1.54) is 12.1 Å². The first kappa shape index (κ1) is 10.5. The van der Waals surface area contributed by atoms with Crippen LogP contribution in [0.25, 0.3) is 0 Å². The third-order valence-electron chi connectivity index (χ3n) is 3.08. The van der Waals surface area contributed by atoms with Crippen molar-refractivity contribution in [2.75, 3.05) is 6.54 Å². The molecule has 0 heterocycles. The fourth-order valence-electron chi connectivity index (χ4n) is 1.96. The van der Waals surface area contributed by atoms with Crippen molar-refractivity contribution in [3.05, 3.63) is 35.1 Å². The van der Waals surface area contributed by atoms with E-state index in [1.807, 2.05) is 0 Å². The van der Waals surface area contributed by atoms with E-state index in [2.05, 4.69) is 0 Å². The van der Waals surface area contributed by atoms with Gasteiger partial charge in [-0.3, -0.25) is 0 Å². The molecule has 4 heteroatoms. The molecule has 0 aromatic heterocycles. The van der Waals surface area contributed by atoms with E-state index in [0.717, 1.165) is 5.56 Å². The molecule has 1 saturated carbocycles. The molecule has 0 spiro atoms. The van der Waals surface area contributed by atoms with Gasteiger partial charge in [0.1, 0.15) is 5.82 Å². The second-order valence-corrected chi connectivity index (χ2v) is 4.15. The predicted molar refractivity (Wildman–Crippen MR) is 51.4 cm³/mol. The minimum atomic E-state index is -2.86. The number of hydrogen-bond acceptors (Lipinski definition) is 1. The van der Waals surface area contributed by atoms with Crippen LogP contribution in [-0.4, -0.2) is 12.5 Å². The Hall–Kier alpha value is -1.03. The van der Waals surface area contributed by atoms with Crippen LogP contribution >= 0.6 is 0 Å². The highest BCUT2D eigenvalue weighted by atomic mass is 19.3. The maximum atomic E-state index is 13.4. The number of benzene rings is 1. The first-order valence-electron chi connectivity index (χ1n) is 4.77. The van der Waals surface area contributed by atoms with Crippen molar-refractivity contribution >= 4 is 0 Å². The molecule has 2 rings (SSSR count). The highest BCUT2D eigenvalue weighted by Gasteiger charge is 2.71. The summed E-state index contributed by atoms with van der Waals surface area (Å²) in [5, 5.41) is 0. The van der Waals surface area contributed by atoms with Crippen LogP contribution in [0.2, 0.25) is 0 Å². The van der Waals surface area contributed by atoms with Gasteiger partial charge >= 0.3 is 0 Å². The molecule has 1 aliphatic carbocycles. The first-order valence-corrected chi connectivity index (χ1v) is 4.77. The van der Waals surface area contributed by atoms with Gasteiger partial charge in [0.2, 0.25) is 0 Å². The lowest BCUT2D eigenvalue weighted by Crippen LogP contribution is -2.28. The number of aryl methyl sites for hydroxylation is 1. The summed E-state index contributed by atoms with van der Waals surface area (Å²) in [7, 11) is 0. The Kier molecular flexibility index (Phi) is 2.08. The summed E-state index contributed by atoms with van der Waals surface area (Å²) in [4.78, 5) is 0. The highest BCUT2D eigenvalue weighted by molar-refractivity contribution is 5.41. The normalized spacial score (nSPS) is 27.8. The molecule has 1 aliphatic rings. The second-order valence-electron chi connectivity index (χ2n) is 4.15. The fraction of sp³-hybridized carbons (Fsp3) is 0.455. The number of rotatable bonds is 2. The van der Waals surface area contributed by atoms with Gasteiger partial charge in [-0.2, -0.15) is 0 Å². The Morgan fingerprint density at radius 1 is 1.40 bits per heavy atom. The van der Waals surface area contributed by atoms with E-state index < -0.39 is 17.2 Å². The van der Waals surface area contributed by atoms with Crippen LogP contribution in [0.3, 0.4) is 0 Å². The van der Waals surface area contributed by atoms with Gasteiger partial charge in [0.15, 0.2) is 0 Å². The number of halogens is 3. The zero-order chi connectivity index (χ0) is 11.3. The van der Waals surface area contributed by atoms with Crippen molar-refractivity contribution in [1.29, 1.82) is 0 Å². The van der Waals surface area contributed by atoms with E-state index in [9.17, 15) is 13.2 Å². The summed E-state index contributed by atoms with van der Waals surface area (Å²) < 4.78 is 39.9. The highest BCUT2D eigenvalue weighted by Crippen LogP contribution is 2.61. The lowest BCUT2D eigenvalue weighted by molar-refractivity contribution is 0.0886. The first-order chi connectivity index (χ1) is 6.93. The molecular weight excluding hydrogens is 203 g/mol. The van der Waals surface area contributed by atoms with Crippen molar-refractivity contribution in [1.82, 2.24) is 0 Å². The van der Waals surface area contributed by atoms with Crippen molar-refractivity contribution in [3.8, 4) is 0 Å². The molecule has 0 aliphatic heterocycles. The van der Waals surface area contributed by atoms with Crippen LogP contribution in [0.5, 0.6) is 0 Å². The molecule has 0 radical (unpaired) electrons. The fourth-order valence-corrected chi connectivity index (χ4v) is 1.96. The van der Waals surface area contributed by atoms with E-state index in [1.54, 1.807) is 13.0 Å². The standard InChI is InChI=1S/C11H12F3N/c1-7-2-3-9(12)8(4-7)10(6-15)5-11(10,13)14/h2-4H,5-6,15H2,1H3. The lowest BCUT2D eigenvalue weighted by Gasteiger charge is -2.15. The summed E-state index contributed by atoms with van der Waals surface area (Å²) in [5.41, 5.74) is 4.70. The Balaban J connectivity index is 2.50. The van der Waals surface area contributed by atoms with Crippen molar-refractivity contribution < 1.29 is 13.2 Å². The third kappa shape index (κ3) is 1.35. The zero-order valence-electron chi connectivity index (χ0n) is 8.36. The summed E-state index contributed by atoms with van der Waals surface area (Å²) in [6, 6.07) is 4.24. The molecule has 0 saturated heterocycles. The van der Waals surface area contributed by atoms with Gasteiger partial charge in [0.25, 0.3) is 5.92 Å². The minimum Gasteiger partial charge on any atom is -0.329 e. The van der Waals surface area contributed by atoms with E-state index in [0.29, 0.717) is 0 Å². The lowest BCUT2D eigenvalue weighted by atomic mass is 9.93. The topological polar surface area (TPSA) is 26.0 Å². The van der Waals surface area contributed by atoms with Crippen molar-refractivity contribution in [2.24, 2.45) is 5.73 Å². The van der Waals surface area contributed by atoms with E-state index in [-0.39, 0.29) is 18.5 Å². The minimum absolute atomic E-state index is 0.0509. The third-order valence-corrected chi connectivity index (χ3v) is 3.08. The molecule has 1 atom stereocenters. The van der Waals surface area contributed by atoms with Gasteiger partial charge in [0, 0.05) is 18.5 Å². The summed E-state index contributed by atoms with van der Waals surface area (Å²) in [6.07, 6.45) is -0.350. The maximum Gasteiger partial charge on any atom is 0.260 e. The largest absolute Gasteiger partial charge is 0.329 e. The average molecular weight is 215 g/mol. The van der Waals surface area contributed by atoms with Gasteiger partial charge in [-0.1, -0.05) is 17.7 Å². The quantitative estimate of drug-likeness (QED) is 0.805. The Labute approximate surface area is 86.1 Å². The number of alkyl halides is 2. The van der Waals surface area contributed by atoms with E-state index in [4.69, 9.17) is 5.73 Å². The van der Waals surface area contributed by atoms with Gasteiger partial charge < -0.3 is 5.73 Å². The molecule has 1 fully saturated rings. The Morgan fingerprint density at radius 2 is 2.00 bits per heavy atom. The van der Waals surface area contributed by atoms with E-state index >= 15 is 0 Å². The molecule has 15 heavy (non-hydrogen) atoms. The smallest absolute Gasteiger partial charge is 0.260 e. The Bertz CT molecular complexity index is 403. The molecule has 1 nitrogen and oxygen atoms in total. The predicted octanol–water partition coefficient (Wildman–Crippen LogP) is 2.37. The van der Waals surface area contributed by atoms with Crippen molar-refractivity contribution in [2.45, 2.75) is 24.7 Å². The van der Waals surface area contributed by atoms with Gasteiger partial charge in [-0.15, -0.1) is 0 Å². The number of nitrogens with two attached hydrogens (primary N) is 1. The SMILES string of the molecule is Cc1ccc(F)c(C2(CN)CC2(F)F)c1. The molecule has 0 amide bonds. The molecular formula is C11H12F3N. The molecule has 2 N–H and O–H groups in total. The molecule has 1 aromatic carbocycles. The molecule has 82 valence electrons. The summed E-state index contributed by atoms with van der Waals surface area (Å²) >= 11 is 0. The monoisotopic (exact) mass is 215 g/mol. The van der Waals surface area contributed by atoms with Crippen LogP contribution in [0.15, 0.2) is 18.2 Å². The van der Waals surface area contributed by atoms with Crippen LogP contribution in [0, 0.1) is 12.7 Å². The molecule has 0 bridgehead atoms. The van der Waals surface area contributed by atoms with Gasteiger partial charge in [0.05, 0.1) is 5.41 Å². The second kappa shape index (κ2) is 2.98. The van der Waals surface area contributed by atoms with Gasteiger partial charge in [-0.05, 0) is 13.0 Å². The molecule has 1 aromatic rings. The van der Waals surface area contributed by atoms with Crippen LogP contribution < -0.4 is 5.73 Å². The van der Waals surface area contributed by atoms with Crippen LogP contribution in [-0.2, 0) is 5.41 Å². The average Bonchev–Trinajstić information content (AvgIpc) is 2.74. The zero-order valence-corrected chi connectivity index (χ0v) is 8.36.